The van der Waals surface area contributed by atoms with Gasteiger partial charge in [0.25, 0.3) is 5.91 Å². The fourth-order valence-electron chi connectivity index (χ4n) is 3.84. The molecule has 2 unspecified atom stereocenters. The van der Waals surface area contributed by atoms with Gasteiger partial charge < -0.3 is 29.4 Å². The highest BCUT2D eigenvalue weighted by Crippen LogP contribution is 2.35. The Balaban J connectivity index is 1.85. The molecule has 0 spiro atoms. The van der Waals surface area contributed by atoms with E-state index < -0.39 is 29.9 Å². The largest absolute Gasteiger partial charge is 0.496 e. The molecule has 1 aromatic heterocycles. The van der Waals surface area contributed by atoms with Gasteiger partial charge in [-0.3, -0.25) is 9.59 Å². The van der Waals surface area contributed by atoms with E-state index in [0.717, 1.165) is 0 Å². The predicted molar refractivity (Wildman–Crippen MR) is 105 cm³/mol. The van der Waals surface area contributed by atoms with E-state index in [0.29, 0.717) is 47.5 Å². The molecule has 156 valence electrons. The van der Waals surface area contributed by atoms with Gasteiger partial charge in [0.1, 0.15) is 29.3 Å². The van der Waals surface area contributed by atoms with Crippen molar-refractivity contribution < 1.29 is 29.0 Å². The molecule has 29 heavy (non-hydrogen) atoms. The second kappa shape index (κ2) is 8.02. The van der Waals surface area contributed by atoms with Crippen LogP contribution >= 0.6 is 0 Å². The van der Waals surface area contributed by atoms with Crippen molar-refractivity contribution >= 4 is 28.7 Å². The molecule has 1 aliphatic rings. The van der Waals surface area contributed by atoms with Crippen LogP contribution in [0.1, 0.15) is 30.3 Å². The molecule has 0 aliphatic carbocycles. The van der Waals surface area contributed by atoms with Crippen LogP contribution in [0, 0.1) is 0 Å². The Morgan fingerprint density at radius 2 is 1.86 bits per heavy atom. The second-order valence-electron chi connectivity index (χ2n) is 7.04. The Kier molecular flexibility index (Phi) is 5.67. The Hall–Kier alpha value is -3.23. The third kappa shape index (κ3) is 3.59. The van der Waals surface area contributed by atoms with Crippen LogP contribution in [0.3, 0.4) is 0 Å². The van der Waals surface area contributed by atoms with Gasteiger partial charge in [0, 0.05) is 19.0 Å². The smallest absolute Gasteiger partial charge is 0.326 e. The lowest BCUT2D eigenvalue weighted by molar-refractivity contribution is -0.148. The minimum atomic E-state index is -1.03. The molecular formula is C20H25N3O6. The van der Waals surface area contributed by atoms with E-state index in [4.69, 9.17) is 9.47 Å². The summed E-state index contributed by atoms with van der Waals surface area (Å²) in [6.07, 6.45) is 1.05. The highest BCUT2D eigenvalue weighted by Gasteiger charge is 2.36. The number of rotatable bonds is 6. The van der Waals surface area contributed by atoms with E-state index in [9.17, 15) is 19.5 Å². The SMILES string of the molecule is COc1ccc(OC)c2c1cc(C(=O)NC(C)C(=O)N1CCCC1C(=O)O)n2C. The summed E-state index contributed by atoms with van der Waals surface area (Å²) in [6.45, 7) is 1.93. The number of likely N-dealkylation sites (tertiary alicyclic amines) is 1. The van der Waals surface area contributed by atoms with E-state index in [2.05, 4.69) is 5.32 Å². The van der Waals surface area contributed by atoms with Crippen molar-refractivity contribution in [1.29, 1.82) is 0 Å². The van der Waals surface area contributed by atoms with Gasteiger partial charge in [-0.1, -0.05) is 0 Å². The molecule has 1 aromatic carbocycles. The van der Waals surface area contributed by atoms with Gasteiger partial charge in [-0.15, -0.1) is 0 Å². The van der Waals surface area contributed by atoms with Crippen LogP contribution in [0.25, 0.3) is 10.9 Å². The lowest BCUT2D eigenvalue weighted by atomic mass is 10.2. The maximum Gasteiger partial charge on any atom is 0.326 e. The van der Waals surface area contributed by atoms with Crippen molar-refractivity contribution in [3.8, 4) is 11.5 Å². The number of nitrogens with one attached hydrogen (secondary N) is 1. The molecule has 2 amide bonds. The lowest BCUT2D eigenvalue weighted by Gasteiger charge is -2.25. The molecule has 0 bridgehead atoms. The average molecular weight is 403 g/mol. The third-order valence-corrected chi connectivity index (χ3v) is 5.33. The van der Waals surface area contributed by atoms with Crippen molar-refractivity contribution in [2.45, 2.75) is 31.8 Å². The number of fused-ring (bicyclic) bond motifs is 1. The molecule has 0 radical (unpaired) electrons. The Labute approximate surface area is 168 Å². The summed E-state index contributed by atoms with van der Waals surface area (Å²) in [5.74, 6) is -0.687. The molecule has 1 saturated heterocycles. The topological polar surface area (TPSA) is 110 Å². The molecule has 1 fully saturated rings. The number of amides is 2. The highest BCUT2D eigenvalue weighted by atomic mass is 16.5. The summed E-state index contributed by atoms with van der Waals surface area (Å²) in [7, 11) is 4.82. The second-order valence-corrected chi connectivity index (χ2v) is 7.04. The van der Waals surface area contributed by atoms with Crippen molar-refractivity contribution in [3.63, 3.8) is 0 Å². The monoisotopic (exact) mass is 403 g/mol. The van der Waals surface area contributed by atoms with Crippen LogP contribution in [0.15, 0.2) is 18.2 Å². The number of benzene rings is 1. The number of aryl methyl sites for hydroxylation is 1. The first kappa shape index (κ1) is 20.5. The van der Waals surface area contributed by atoms with Crippen LogP contribution in [0.4, 0.5) is 0 Å². The van der Waals surface area contributed by atoms with Crippen LogP contribution in [0.5, 0.6) is 11.5 Å². The number of carboxylic acid groups (broad SMARTS) is 1. The molecule has 9 heteroatoms. The normalized spacial score (nSPS) is 17.2. The van der Waals surface area contributed by atoms with E-state index in [1.807, 2.05) is 0 Å². The number of aromatic nitrogens is 1. The van der Waals surface area contributed by atoms with Crippen molar-refractivity contribution in [3.05, 3.63) is 23.9 Å². The predicted octanol–water partition coefficient (Wildman–Crippen LogP) is 1.39. The maximum atomic E-state index is 12.9. The van der Waals surface area contributed by atoms with Gasteiger partial charge >= 0.3 is 5.97 Å². The standard InChI is InChI=1S/C20H25N3O6/c1-11(19(25)23-9-5-6-13(23)20(26)27)21-18(24)14-10-12-15(28-3)7-8-16(29-4)17(12)22(14)2/h7-8,10-11,13H,5-6,9H2,1-4H3,(H,21,24)(H,26,27). The van der Waals surface area contributed by atoms with Crippen LogP contribution in [-0.4, -0.2) is 65.2 Å². The zero-order chi connectivity index (χ0) is 21.3. The minimum absolute atomic E-state index is 0.332. The Bertz CT molecular complexity index is 967. The van der Waals surface area contributed by atoms with Gasteiger partial charge in [0.2, 0.25) is 5.91 Å². The Morgan fingerprint density at radius 1 is 1.21 bits per heavy atom. The van der Waals surface area contributed by atoms with E-state index in [-0.39, 0.29) is 0 Å². The highest BCUT2D eigenvalue weighted by molar-refractivity contribution is 6.03. The van der Waals surface area contributed by atoms with E-state index in [1.54, 1.807) is 51.0 Å². The number of methoxy groups -OCH3 is 2. The fraction of sp³-hybridized carbons (Fsp3) is 0.450. The van der Waals surface area contributed by atoms with E-state index >= 15 is 0 Å². The molecule has 1 aliphatic heterocycles. The number of aliphatic carboxylic acids is 1. The summed E-state index contributed by atoms with van der Waals surface area (Å²) in [5, 5.41) is 12.7. The zero-order valence-electron chi connectivity index (χ0n) is 16.9. The fourth-order valence-corrected chi connectivity index (χ4v) is 3.84. The quantitative estimate of drug-likeness (QED) is 0.754. The number of ether oxygens (including phenoxy) is 2. The Morgan fingerprint density at radius 3 is 2.48 bits per heavy atom. The number of hydrogen-bond acceptors (Lipinski definition) is 5. The van der Waals surface area contributed by atoms with Crippen LogP contribution in [-0.2, 0) is 16.6 Å². The number of hydrogen-bond donors (Lipinski definition) is 2. The number of carbonyl (C=O) groups excluding carboxylic acids is 2. The molecule has 2 atom stereocenters. The molecular weight excluding hydrogens is 378 g/mol. The van der Waals surface area contributed by atoms with Gasteiger partial charge in [0.05, 0.1) is 19.7 Å². The van der Waals surface area contributed by atoms with Crippen LogP contribution in [0.2, 0.25) is 0 Å². The summed E-state index contributed by atoms with van der Waals surface area (Å²) >= 11 is 0. The van der Waals surface area contributed by atoms with Gasteiger partial charge in [0.15, 0.2) is 0 Å². The van der Waals surface area contributed by atoms with Crippen molar-refractivity contribution in [2.24, 2.45) is 7.05 Å². The molecule has 2 heterocycles. The first-order chi connectivity index (χ1) is 13.8. The first-order valence-corrected chi connectivity index (χ1v) is 9.34. The van der Waals surface area contributed by atoms with Gasteiger partial charge in [-0.05, 0) is 38.0 Å². The van der Waals surface area contributed by atoms with Gasteiger partial charge in [-0.25, -0.2) is 4.79 Å². The van der Waals surface area contributed by atoms with E-state index in [1.165, 1.54) is 4.90 Å². The summed E-state index contributed by atoms with van der Waals surface area (Å²) in [6, 6.07) is 3.50. The molecule has 3 rings (SSSR count). The molecule has 2 aromatic rings. The molecule has 9 nitrogen and oxygen atoms in total. The van der Waals surface area contributed by atoms with Crippen molar-refractivity contribution in [1.82, 2.24) is 14.8 Å². The summed E-state index contributed by atoms with van der Waals surface area (Å²) in [4.78, 5) is 38.2. The van der Waals surface area contributed by atoms with Crippen molar-refractivity contribution in [2.75, 3.05) is 20.8 Å². The molecule has 2 N–H and O–H groups in total. The van der Waals surface area contributed by atoms with Gasteiger partial charge in [-0.2, -0.15) is 0 Å². The lowest BCUT2D eigenvalue weighted by Crippen LogP contribution is -2.50. The first-order valence-electron chi connectivity index (χ1n) is 9.34. The maximum absolute atomic E-state index is 12.9. The molecule has 0 saturated carbocycles. The minimum Gasteiger partial charge on any atom is -0.496 e. The number of carbonyl (C=O) groups is 3. The number of nitrogens with zero attached hydrogens (tertiary/aromatic N) is 2. The van der Waals surface area contributed by atoms with Crippen LogP contribution < -0.4 is 14.8 Å². The summed E-state index contributed by atoms with van der Waals surface area (Å²) < 4.78 is 12.5. The summed E-state index contributed by atoms with van der Waals surface area (Å²) in [5.41, 5.74) is 1.03. The number of carboxylic acids is 1. The zero-order valence-corrected chi connectivity index (χ0v) is 16.9. The third-order valence-electron chi connectivity index (χ3n) is 5.33. The average Bonchev–Trinajstić information content (AvgIpc) is 3.32.